The van der Waals surface area contributed by atoms with E-state index in [-0.39, 0.29) is 40.3 Å². The minimum absolute atomic E-state index is 0.0366. The van der Waals surface area contributed by atoms with E-state index >= 15 is 4.39 Å². The van der Waals surface area contributed by atoms with Crippen LogP contribution in [0.5, 0.6) is 5.75 Å². The van der Waals surface area contributed by atoms with Crippen molar-refractivity contribution in [2.24, 2.45) is 5.41 Å². The standard InChI is InChI=1S/C28H31FN2O6S/c1-28(2,3)27(35)30-18-8-9-19(32)25-14(18)11-20(38-25)21-17(29)10-15-22(24(21)36-4)31(13-6-7-13)12-16(23(15)33)26(34)37-5/h10-13,18-19,32H,6-9H2,1-5H3,(H,30,35). The molecule has 0 bridgehead atoms. The van der Waals surface area contributed by atoms with Gasteiger partial charge in [0.25, 0.3) is 0 Å². The second-order valence-corrected chi connectivity index (χ2v) is 12.0. The van der Waals surface area contributed by atoms with Gasteiger partial charge in [0.15, 0.2) is 5.75 Å². The summed E-state index contributed by atoms with van der Waals surface area (Å²) in [5.41, 5.74) is -0.0334. The molecule has 2 heterocycles. The smallest absolute Gasteiger partial charge is 0.343 e. The highest BCUT2D eigenvalue weighted by molar-refractivity contribution is 7.15. The summed E-state index contributed by atoms with van der Waals surface area (Å²) in [6.45, 7) is 5.50. The number of amides is 1. The van der Waals surface area contributed by atoms with E-state index < -0.39 is 28.7 Å². The van der Waals surface area contributed by atoms with Crippen LogP contribution in [0, 0.1) is 11.2 Å². The molecule has 0 radical (unpaired) electrons. The van der Waals surface area contributed by atoms with Gasteiger partial charge in [-0.25, -0.2) is 9.18 Å². The van der Waals surface area contributed by atoms with Crippen molar-refractivity contribution in [2.45, 2.75) is 64.6 Å². The number of aliphatic hydroxyl groups is 1. The van der Waals surface area contributed by atoms with E-state index in [4.69, 9.17) is 9.47 Å². The van der Waals surface area contributed by atoms with E-state index in [1.807, 2.05) is 20.8 Å². The fourth-order valence-corrected chi connectivity index (χ4v) is 6.28. The van der Waals surface area contributed by atoms with E-state index in [1.54, 1.807) is 10.6 Å². The maximum absolute atomic E-state index is 15.9. The van der Waals surface area contributed by atoms with Gasteiger partial charge < -0.3 is 24.5 Å². The Kier molecular flexibility index (Phi) is 6.59. The van der Waals surface area contributed by atoms with Crippen LogP contribution in [-0.4, -0.2) is 35.8 Å². The van der Waals surface area contributed by atoms with E-state index in [2.05, 4.69) is 5.32 Å². The molecule has 8 nitrogen and oxygen atoms in total. The number of halogens is 1. The van der Waals surface area contributed by atoms with Crippen LogP contribution in [0.1, 0.15) is 85.4 Å². The number of carbonyl (C=O) groups is 2. The zero-order valence-electron chi connectivity index (χ0n) is 22.0. The molecule has 1 saturated carbocycles. The van der Waals surface area contributed by atoms with Crippen LogP contribution < -0.4 is 15.5 Å². The molecule has 10 heteroatoms. The molecule has 1 fully saturated rings. The number of nitrogens with zero attached hydrogens (tertiary/aromatic N) is 1. The maximum Gasteiger partial charge on any atom is 0.343 e. The third kappa shape index (κ3) is 4.39. The van der Waals surface area contributed by atoms with Crippen molar-refractivity contribution in [3.8, 4) is 16.2 Å². The molecule has 202 valence electrons. The van der Waals surface area contributed by atoms with Crippen LogP contribution in [0.15, 0.2) is 23.1 Å². The number of esters is 1. The average Bonchev–Trinajstić information content (AvgIpc) is 3.62. The number of aliphatic hydroxyl groups excluding tert-OH is 1. The number of nitrogens with one attached hydrogen (secondary N) is 1. The quantitative estimate of drug-likeness (QED) is 0.438. The van der Waals surface area contributed by atoms with Crippen molar-refractivity contribution in [1.82, 2.24) is 9.88 Å². The highest BCUT2D eigenvalue weighted by Crippen LogP contribution is 2.49. The fourth-order valence-electron chi connectivity index (χ4n) is 4.99. The lowest BCUT2D eigenvalue weighted by molar-refractivity contribution is -0.129. The van der Waals surface area contributed by atoms with Crippen LogP contribution >= 0.6 is 11.3 Å². The molecule has 3 aromatic rings. The number of aromatic nitrogens is 1. The zero-order chi connectivity index (χ0) is 27.5. The van der Waals surface area contributed by atoms with Gasteiger partial charge >= 0.3 is 5.97 Å². The number of carbonyl (C=O) groups excluding carboxylic acids is 2. The number of thiophene rings is 1. The van der Waals surface area contributed by atoms with Crippen molar-refractivity contribution in [3.05, 3.63) is 50.4 Å². The number of pyridine rings is 1. The van der Waals surface area contributed by atoms with E-state index in [9.17, 15) is 19.5 Å². The third-order valence-corrected chi connectivity index (χ3v) is 8.47. The van der Waals surface area contributed by atoms with Crippen molar-refractivity contribution in [2.75, 3.05) is 14.2 Å². The Bertz CT molecular complexity index is 1510. The van der Waals surface area contributed by atoms with Crippen molar-refractivity contribution in [1.29, 1.82) is 0 Å². The first-order chi connectivity index (χ1) is 18.0. The van der Waals surface area contributed by atoms with Crippen LogP contribution in [0.4, 0.5) is 4.39 Å². The SMILES string of the molecule is COC(=O)c1cn(C2CC2)c2c(OC)c(-c3cc4c(s3)C(O)CCC4NC(=O)C(C)(C)C)c(F)cc2c1=O. The van der Waals surface area contributed by atoms with Crippen molar-refractivity contribution >= 4 is 34.1 Å². The molecule has 5 rings (SSSR count). The third-order valence-electron chi connectivity index (χ3n) is 7.20. The van der Waals surface area contributed by atoms with E-state index in [1.165, 1.54) is 31.8 Å². The maximum atomic E-state index is 15.9. The lowest BCUT2D eigenvalue weighted by Crippen LogP contribution is -2.38. The second-order valence-electron chi connectivity index (χ2n) is 11.0. The Labute approximate surface area is 223 Å². The van der Waals surface area contributed by atoms with Gasteiger partial charge in [0.05, 0.1) is 42.8 Å². The Morgan fingerprint density at radius 2 is 1.87 bits per heavy atom. The zero-order valence-corrected chi connectivity index (χ0v) is 22.8. The molecule has 2 N–H and O–H groups in total. The summed E-state index contributed by atoms with van der Waals surface area (Å²) in [4.78, 5) is 39.4. The predicted octanol–water partition coefficient (Wildman–Crippen LogP) is 5.03. The number of hydrogen-bond donors (Lipinski definition) is 2. The molecule has 38 heavy (non-hydrogen) atoms. The summed E-state index contributed by atoms with van der Waals surface area (Å²) >= 11 is 1.25. The lowest BCUT2D eigenvalue weighted by Gasteiger charge is -2.29. The van der Waals surface area contributed by atoms with E-state index in [0.29, 0.717) is 28.1 Å². The summed E-state index contributed by atoms with van der Waals surface area (Å²) < 4.78 is 28.2. The molecule has 0 saturated heterocycles. The first-order valence-electron chi connectivity index (χ1n) is 12.6. The van der Waals surface area contributed by atoms with Crippen LogP contribution in [-0.2, 0) is 9.53 Å². The van der Waals surface area contributed by atoms with Gasteiger partial charge in [-0.2, -0.15) is 0 Å². The first-order valence-corrected chi connectivity index (χ1v) is 13.4. The largest absolute Gasteiger partial charge is 0.494 e. The fraction of sp³-hybridized carbons (Fsp3) is 0.464. The summed E-state index contributed by atoms with van der Waals surface area (Å²) in [6, 6.07) is 2.68. The Hall–Kier alpha value is -3.24. The van der Waals surface area contributed by atoms with Gasteiger partial charge in [0, 0.05) is 27.4 Å². The lowest BCUT2D eigenvalue weighted by atomic mass is 9.89. The molecule has 2 atom stereocenters. The summed E-state index contributed by atoms with van der Waals surface area (Å²) in [5.74, 6) is -1.39. The number of ether oxygens (including phenoxy) is 2. The average molecular weight is 543 g/mol. The minimum Gasteiger partial charge on any atom is -0.494 e. The number of rotatable bonds is 5. The molecular formula is C28H31FN2O6S. The molecule has 2 aliphatic rings. The van der Waals surface area contributed by atoms with Gasteiger partial charge in [-0.3, -0.25) is 9.59 Å². The second kappa shape index (κ2) is 9.50. The monoisotopic (exact) mass is 542 g/mol. The molecule has 1 aromatic carbocycles. The normalized spacial score (nSPS) is 19.2. The number of fused-ring (bicyclic) bond motifs is 2. The van der Waals surface area contributed by atoms with Crippen molar-refractivity contribution in [3.63, 3.8) is 0 Å². The van der Waals surface area contributed by atoms with Crippen molar-refractivity contribution < 1.29 is 28.6 Å². The predicted molar refractivity (Wildman–Crippen MR) is 142 cm³/mol. The van der Waals surface area contributed by atoms with E-state index in [0.717, 1.165) is 24.5 Å². The minimum atomic E-state index is -0.780. The van der Waals surface area contributed by atoms with Crippen LogP contribution in [0.2, 0.25) is 0 Å². The molecule has 0 spiro atoms. The molecule has 2 aliphatic carbocycles. The molecule has 2 unspecified atom stereocenters. The molecule has 2 aromatic heterocycles. The first kappa shape index (κ1) is 26.4. The van der Waals surface area contributed by atoms with Crippen LogP contribution in [0.25, 0.3) is 21.3 Å². The number of benzene rings is 1. The van der Waals surface area contributed by atoms with Gasteiger partial charge in [-0.1, -0.05) is 20.8 Å². The van der Waals surface area contributed by atoms with Gasteiger partial charge in [0.2, 0.25) is 11.3 Å². The Morgan fingerprint density at radius 1 is 1.16 bits per heavy atom. The molecular weight excluding hydrogens is 511 g/mol. The Morgan fingerprint density at radius 3 is 2.47 bits per heavy atom. The highest BCUT2D eigenvalue weighted by atomic mass is 32.1. The highest BCUT2D eigenvalue weighted by Gasteiger charge is 2.35. The number of hydrogen-bond acceptors (Lipinski definition) is 7. The van der Waals surface area contributed by atoms with Crippen LogP contribution in [0.3, 0.4) is 0 Å². The molecule has 0 aliphatic heterocycles. The topological polar surface area (TPSA) is 107 Å². The summed E-state index contributed by atoms with van der Waals surface area (Å²) in [5, 5.41) is 13.9. The van der Waals surface area contributed by atoms with Gasteiger partial charge in [0.1, 0.15) is 11.4 Å². The Balaban J connectivity index is 1.71. The molecule has 1 amide bonds. The number of methoxy groups -OCH3 is 2. The summed E-state index contributed by atoms with van der Waals surface area (Å²) in [7, 11) is 2.62. The van der Waals surface area contributed by atoms with Gasteiger partial charge in [-0.15, -0.1) is 11.3 Å². The summed E-state index contributed by atoms with van der Waals surface area (Å²) in [6.07, 6.45) is 3.47. The van der Waals surface area contributed by atoms with Gasteiger partial charge in [-0.05, 0) is 43.4 Å².